The maximum Gasteiger partial charge on any atom is 0.343 e. The maximum atomic E-state index is 12.1. The van der Waals surface area contributed by atoms with Gasteiger partial charge in [0.1, 0.15) is 5.75 Å². The van der Waals surface area contributed by atoms with E-state index in [9.17, 15) is 4.79 Å². The number of carbonyl (C=O) groups excluding carboxylic acids is 1. The Labute approximate surface area is 130 Å². The lowest BCUT2D eigenvalue weighted by Gasteiger charge is -2.18. The third kappa shape index (κ3) is 3.85. The number of benzene rings is 2. The van der Waals surface area contributed by atoms with Gasteiger partial charge in [-0.25, -0.2) is 4.79 Å². The van der Waals surface area contributed by atoms with E-state index < -0.39 is 0 Å². The van der Waals surface area contributed by atoms with E-state index in [4.69, 9.17) is 16.3 Å². The fourth-order valence-corrected chi connectivity index (χ4v) is 2.07. The molecule has 0 saturated carbocycles. The smallest absolute Gasteiger partial charge is 0.343 e. The van der Waals surface area contributed by atoms with Crippen molar-refractivity contribution in [2.45, 2.75) is 33.1 Å². The van der Waals surface area contributed by atoms with Crippen LogP contribution in [0.1, 0.15) is 42.3 Å². The molecule has 0 amide bonds. The van der Waals surface area contributed by atoms with Crippen LogP contribution in [0.5, 0.6) is 5.75 Å². The first-order valence-electron chi connectivity index (χ1n) is 6.86. The van der Waals surface area contributed by atoms with Gasteiger partial charge in [0.15, 0.2) is 0 Å². The number of hydrogen-bond donors (Lipinski definition) is 0. The van der Waals surface area contributed by atoms with Crippen molar-refractivity contribution < 1.29 is 9.53 Å². The first-order valence-corrected chi connectivity index (χ1v) is 7.24. The Hall–Kier alpha value is -1.80. The fourth-order valence-electron chi connectivity index (χ4n) is 1.95. The molecule has 2 nitrogen and oxygen atoms in total. The number of ether oxygens (including phenoxy) is 1. The summed E-state index contributed by atoms with van der Waals surface area (Å²) in [6, 6.07) is 12.7. The molecule has 2 aromatic rings. The molecule has 0 aromatic heterocycles. The third-order valence-electron chi connectivity index (χ3n) is 3.33. The van der Waals surface area contributed by atoms with Crippen molar-refractivity contribution in [3.05, 3.63) is 64.2 Å². The van der Waals surface area contributed by atoms with E-state index in [-0.39, 0.29) is 11.4 Å². The molecule has 110 valence electrons. The Morgan fingerprint density at radius 3 is 2.19 bits per heavy atom. The molecule has 0 radical (unpaired) electrons. The molecular weight excluding hydrogens is 284 g/mol. The van der Waals surface area contributed by atoms with Gasteiger partial charge in [0, 0.05) is 5.02 Å². The van der Waals surface area contributed by atoms with Crippen molar-refractivity contribution >= 4 is 17.6 Å². The summed E-state index contributed by atoms with van der Waals surface area (Å²) in [5.41, 5.74) is 2.66. The molecular formula is C18H19ClO2. The van der Waals surface area contributed by atoms with Gasteiger partial charge in [-0.1, -0.05) is 44.5 Å². The molecule has 0 atom stereocenters. The zero-order valence-corrected chi connectivity index (χ0v) is 13.5. The molecule has 0 saturated heterocycles. The Morgan fingerprint density at radius 2 is 1.67 bits per heavy atom. The SMILES string of the molecule is Cc1cc(OC(=O)c2ccc(C(C)(C)C)cc2)ccc1Cl. The van der Waals surface area contributed by atoms with Crippen LogP contribution >= 0.6 is 11.6 Å². The van der Waals surface area contributed by atoms with Crippen LogP contribution in [0.2, 0.25) is 5.02 Å². The number of rotatable bonds is 2. The van der Waals surface area contributed by atoms with Gasteiger partial charge in [-0.3, -0.25) is 0 Å². The monoisotopic (exact) mass is 302 g/mol. The number of aryl methyl sites for hydroxylation is 1. The fraction of sp³-hybridized carbons (Fsp3) is 0.278. The molecule has 0 fully saturated rings. The summed E-state index contributed by atoms with van der Waals surface area (Å²) in [7, 11) is 0. The van der Waals surface area contributed by atoms with E-state index >= 15 is 0 Å². The molecule has 0 unspecified atom stereocenters. The van der Waals surface area contributed by atoms with E-state index in [0.29, 0.717) is 16.3 Å². The number of carbonyl (C=O) groups is 1. The van der Waals surface area contributed by atoms with Crippen molar-refractivity contribution in [3.8, 4) is 5.75 Å². The van der Waals surface area contributed by atoms with Crippen molar-refractivity contribution in [2.24, 2.45) is 0 Å². The molecule has 2 rings (SSSR count). The van der Waals surface area contributed by atoms with Crippen molar-refractivity contribution in [1.29, 1.82) is 0 Å². The van der Waals surface area contributed by atoms with Crippen molar-refractivity contribution in [1.82, 2.24) is 0 Å². The molecule has 0 aliphatic carbocycles. The number of esters is 1. The van der Waals surface area contributed by atoms with Crippen molar-refractivity contribution in [2.75, 3.05) is 0 Å². The predicted molar refractivity (Wildman–Crippen MR) is 86.3 cm³/mol. The molecule has 0 N–H and O–H groups in total. The highest BCUT2D eigenvalue weighted by Crippen LogP contribution is 2.24. The topological polar surface area (TPSA) is 26.3 Å². The summed E-state index contributed by atoms with van der Waals surface area (Å²) < 4.78 is 5.36. The Bertz CT molecular complexity index is 652. The second-order valence-corrected chi connectivity index (χ2v) is 6.54. The van der Waals surface area contributed by atoms with Crippen LogP contribution in [-0.4, -0.2) is 5.97 Å². The van der Waals surface area contributed by atoms with Gasteiger partial charge >= 0.3 is 5.97 Å². The number of hydrogen-bond acceptors (Lipinski definition) is 2. The van der Waals surface area contributed by atoms with Crippen LogP contribution in [0.15, 0.2) is 42.5 Å². The highest BCUT2D eigenvalue weighted by molar-refractivity contribution is 6.31. The molecule has 3 heteroatoms. The maximum absolute atomic E-state index is 12.1. The van der Waals surface area contributed by atoms with E-state index in [1.807, 2.05) is 19.1 Å². The van der Waals surface area contributed by atoms with E-state index in [1.54, 1.807) is 30.3 Å². The molecule has 0 aliphatic heterocycles. The molecule has 21 heavy (non-hydrogen) atoms. The standard InChI is InChI=1S/C18H19ClO2/c1-12-11-15(9-10-16(12)19)21-17(20)13-5-7-14(8-6-13)18(2,3)4/h5-11H,1-4H3. The largest absolute Gasteiger partial charge is 0.423 e. The molecule has 0 bridgehead atoms. The van der Waals surface area contributed by atoms with Crippen LogP contribution < -0.4 is 4.74 Å². The van der Waals surface area contributed by atoms with E-state index in [2.05, 4.69) is 20.8 Å². The third-order valence-corrected chi connectivity index (χ3v) is 3.75. The molecule has 0 aliphatic rings. The van der Waals surface area contributed by atoms with Crippen molar-refractivity contribution in [3.63, 3.8) is 0 Å². The average molecular weight is 303 g/mol. The molecule has 2 aromatic carbocycles. The second-order valence-electron chi connectivity index (χ2n) is 6.13. The molecule has 0 heterocycles. The average Bonchev–Trinajstić information content (AvgIpc) is 2.42. The predicted octanol–water partition coefficient (Wildman–Crippen LogP) is 5.17. The number of halogens is 1. The molecule has 0 spiro atoms. The van der Waals surface area contributed by atoms with E-state index in [1.165, 1.54) is 5.56 Å². The van der Waals surface area contributed by atoms with Gasteiger partial charge in [0.2, 0.25) is 0 Å². The first-order chi connectivity index (χ1) is 9.77. The minimum Gasteiger partial charge on any atom is -0.423 e. The summed E-state index contributed by atoms with van der Waals surface area (Å²) in [6.07, 6.45) is 0. The van der Waals surface area contributed by atoms with Crippen LogP contribution in [0.3, 0.4) is 0 Å². The van der Waals surface area contributed by atoms with Gasteiger partial charge in [-0.15, -0.1) is 0 Å². The van der Waals surface area contributed by atoms with Gasteiger partial charge < -0.3 is 4.74 Å². The zero-order chi connectivity index (χ0) is 15.6. The summed E-state index contributed by atoms with van der Waals surface area (Å²) >= 11 is 5.95. The minimum absolute atomic E-state index is 0.0652. The summed E-state index contributed by atoms with van der Waals surface area (Å²) in [6.45, 7) is 8.28. The Kier molecular flexibility index (Phi) is 4.38. The highest BCUT2D eigenvalue weighted by atomic mass is 35.5. The lowest BCUT2D eigenvalue weighted by Crippen LogP contribution is -2.13. The Morgan fingerprint density at radius 1 is 1.05 bits per heavy atom. The minimum atomic E-state index is -0.364. The lowest BCUT2D eigenvalue weighted by atomic mass is 9.87. The lowest BCUT2D eigenvalue weighted by molar-refractivity contribution is 0.0734. The zero-order valence-electron chi connectivity index (χ0n) is 12.7. The van der Waals surface area contributed by atoms with E-state index in [0.717, 1.165) is 5.56 Å². The summed E-state index contributed by atoms with van der Waals surface area (Å²) in [4.78, 5) is 12.1. The normalized spacial score (nSPS) is 11.3. The second kappa shape index (κ2) is 5.90. The van der Waals surface area contributed by atoms with Crippen LogP contribution in [0, 0.1) is 6.92 Å². The summed E-state index contributed by atoms with van der Waals surface area (Å²) in [5, 5.41) is 0.657. The van der Waals surface area contributed by atoms with Crippen LogP contribution in [-0.2, 0) is 5.41 Å². The summed E-state index contributed by atoms with van der Waals surface area (Å²) in [5.74, 6) is 0.138. The highest BCUT2D eigenvalue weighted by Gasteiger charge is 2.15. The van der Waals surface area contributed by atoms with Gasteiger partial charge in [0.25, 0.3) is 0 Å². The Balaban J connectivity index is 2.15. The van der Waals surface area contributed by atoms with Crippen LogP contribution in [0.4, 0.5) is 0 Å². The quantitative estimate of drug-likeness (QED) is 0.565. The first kappa shape index (κ1) is 15.6. The van der Waals surface area contributed by atoms with Gasteiger partial charge in [-0.2, -0.15) is 0 Å². The van der Waals surface area contributed by atoms with Crippen LogP contribution in [0.25, 0.3) is 0 Å². The van der Waals surface area contributed by atoms with Gasteiger partial charge in [0.05, 0.1) is 5.56 Å². The van der Waals surface area contributed by atoms with Gasteiger partial charge in [-0.05, 0) is 53.8 Å².